The number of aromatic nitrogens is 1. The van der Waals surface area contributed by atoms with Crippen LogP contribution in [0.2, 0.25) is 0 Å². The average Bonchev–Trinajstić information content (AvgIpc) is 2.04. The first-order valence-electron chi connectivity index (χ1n) is 4.31. The Morgan fingerprint density at radius 2 is 2.23 bits per heavy atom. The van der Waals surface area contributed by atoms with E-state index in [1.807, 2.05) is 19.2 Å². The molecule has 13 heavy (non-hydrogen) atoms. The van der Waals surface area contributed by atoms with Crippen molar-refractivity contribution in [3.63, 3.8) is 0 Å². The van der Waals surface area contributed by atoms with Crippen LogP contribution in [0.4, 0.5) is 0 Å². The molecule has 3 nitrogen and oxygen atoms in total. The van der Waals surface area contributed by atoms with Crippen molar-refractivity contribution in [1.82, 2.24) is 4.98 Å². The van der Waals surface area contributed by atoms with E-state index in [9.17, 15) is 0 Å². The predicted molar refractivity (Wildman–Crippen MR) is 52.1 cm³/mol. The molecule has 0 aromatic carbocycles. The van der Waals surface area contributed by atoms with Crippen LogP contribution in [0.5, 0.6) is 0 Å². The van der Waals surface area contributed by atoms with Gasteiger partial charge < -0.3 is 4.84 Å². The Balaban J connectivity index is 2.99. The highest BCUT2D eigenvalue weighted by molar-refractivity contribution is 5.29. The number of pyridine rings is 1. The van der Waals surface area contributed by atoms with E-state index >= 15 is 0 Å². The number of hydrogen-bond donors (Lipinski definition) is 1. The first-order valence-corrected chi connectivity index (χ1v) is 4.31. The molecule has 0 spiro atoms. The minimum atomic E-state index is -0.0538. The van der Waals surface area contributed by atoms with Gasteiger partial charge >= 0.3 is 0 Å². The average molecular weight is 180 g/mol. The lowest BCUT2D eigenvalue weighted by molar-refractivity contribution is 0.0962. The molecule has 3 heteroatoms. The van der Waals surface area contributed by atoms with Gasteiger partial charge in [0.15, 0.2) is 0 Å². The predicted octanol–water partition coefficient (Wildman–Crippen LogP) is 1.56. The van der Waals surface area contributed by atoms with Gasteiger partial charge in [0.1, 0.15) is 0 Å². The Bertz CT molecular complexity index is 284. The molecule has 0 amide bonds. The summed E-state index contributed by atoms with van der Waals surface area (Å²) in [7, 11) is 0. The topological polar surface area (TPSA) is 48.1 Å². The van der Waals surface area contributed by atoms with E-state index in [0.717, 1.165) is 0 Å². The highest BCUT2D eigenvalue weighted by Gasteiger charge is 2.22. The highest BCUT2D eigenvalue weighted by atomic mass is 16.6. The van der Waals surface area contributed by atoms with Crippen LogP contribution in [0, 0.1) is 6.92 Å². The molecule has 0 unspecified atom stereocenters. The summed E-state index contributed by atoms with van der Waals surface area (Å²) >= 11 is 0. The smallest absolute Gasteiger partial charge is 0.0770 e. The Morgan fingerprint density at radius 3 is 2.77 bits per heavy atom. The largest absolute Gasteiger partial charge is 0.304 e. The van der Waals surface area contributed by atoms with Gasteiger partial charge in [-0.15, -0.1) is 0 Å². The lowest BCUT2D eigenvalue weighted by Gasteiger charge is -2.25. The van der Waals surface area contributed by atoms with Crippen molar-refractivity contribution >= 4 is 0 Å². The van der Waals surface area contributed by atoms with Gasteiger partial charge in [-0.3, -0.25) is 4.98 Å². The molecule has 0 bridgehead atoms. The molecule has 1 aromatic heterocycles. The minimum absolute atomic E-state index is 0.0538. The molecule has 0 saturated carbocycles. The molecule has 0 aliphatic rings. The van der Waals surface area contributed by atoms with Crippen LogP contribution in [0.25, 0.3) is 0 Å². The van der Waals surface area contributed by atoms with Gasteiger partial charge in [0.05, 0.1) is 6.61 Å². The maximum absolute atomic E-state index is 5.09. The summed E-state index contributed by atoms with van der Waals surface area (Å²) in [6.45, 7) is 6.75. The monoisotopic (exact) mass is 180 g/mol. The third-order valence-corrected chi connectivity index (χ3v) is 2.19. The zero-order chi connectivity index (χ0) is 9.90. The van der Waals surface area contributed by atoms with Crippen LogP contribution >= 0.6 is 0 Å². The van der Waals surface area contributed by atoms with Gasteiger partial charge in [-0.2, -0.15) is 0 Å². The highest BCUT2D eigenvalue weighted by Crippen LogP contribution is 2.25. The second-order valence-corrected chi connectivity index (χ2v) is 3.89. The molecule has 72 valence electrons. The van der Waals surface area contributed by atoms with E-state index in [1.165, 1.54) is 11.1 Å². The summed E-state index contributed by atoms with van der Waals surface area (Å²) in [6.07, 6.45) is 3.65. The summed E-state index contributed by atoms with van der Waals surface area (Å²) < 4.78 is 0. The van der Waals surface area contributed by atoms with Crippen LogP contribution < -0.4 is 5.90 Å². The first-order chi connectivity index (χ1) is 6.08. The van der Waals surface area contributed by atoms with Crippen LogP contribution in [0.15, 0.2) is 18.5 Å². The molecule has 1 heterocycles. The van der Waals surface area contributed by atoms with E-state index in [2.05, 4.69) is 18.8 Å². The molecule has 1 aromatic rings. The molecule has 0 atom stereocenters. The van der Waals surface area contributed by atoms with Gasteiger partial charge in [-0.25, -0.2) is 5.90 Å². The van der Waals surface area contributed by atoms with Crippen LogP contribution in [-0.4, -0.2) is 11.6 Å². The molecule has 0 radical (unpaired) electrons. The number of nitrogens with zero attached hydrogens (tertiary/aromatic N) is 1. The van der Waals surface area contributed by atoms with Crippen LogP contribution in [0.3, 0.4) is 0 Å². The fraction of sp³-hybridized carbons (Fsp3) is 0.500. The van der Waals surface area contributed by atoms with Crippen molar-refractivity contribution in [2.24, 2.45) is 5.90 Å². The zero-order valence-corrected chi connectivity index (χ0v) is 8.37. The van der Waals surface area contributed by atoms with Gasteiger partial charge in [0.25, 0.3) is 0 Å². The van der Waals surface area contributed by atoms with E-state index in [1.54, 1.807) is 6.20 Å². The lowest BCUT2D eigenvalue weighted by Crippen LogP contribution is -2.27. The van der Waals surface area contributed by atoms with Crippen LogP contribution in [-0.2, 0) is 10.3 Å². The van der Waals surface area contributed by atoms with E-state index in [-0.39, 0.29) is 5.41 Å². The van der Waals surface area contributed by atoms with E-state index < -0.39 is 0 Å². The molecule has 1 rings (SSSR count). The molecule has 0 fully saturated rings. The van der Waals surface area contributed by atoms with Gasteiger partial charge in [-0.05, 0) is 24.1 Å². The number of aryl methyl sites for hydroxylation is 1. The maximum atomic E-state index is 5.09. The summed E-state index contributed by atoms with van der Waals surface area (Å²) in [5, 5.41) is 0. The molecule has 0 aliphatic heterocycles. The van der Waals surface area contributed by atoms with E-state index in [4.69, 9.17) is 10.7 Å². The van der Waals surface area contributed by atoms with Crippen molar-refractivity contribution < 1.29 is 4.84 Å². The minimum Gasteiger partial charge on any atom is -0.304 e. The molecule has 0 saturated heterocycles. The number of nitrogens with two attached hydrogens (primary N) is 1. The van der Waals surface area contributed by atoms with Gasteiger partial charge in [0.2, 0.25) is 0 Å². The Hall–Kier alpha value is -0.930. The normalized spacial score (nSPS) is 11.7. The molecule has 0 aliphatic carbocycles. The Kier molecular flexibility index (Phi) is 3.01. The van der Waals surface area contributed by atoms with E-state index in [0.29, 0.717) is 6.61 Å². The summed E-state index contributed by atoms with van der Waals surface area (Å²) in [6, 6.07) is 2.01. The van der Waals surface area contributed by atoms with Crippen molar-refractivity contribution in [2.45, 2.75) is 26.2 Å². The second kappa shape index (κ2) is 3.85. The standard InChI is InChI=1S/C10H16N2O/c1-8-6-12-5-4-9(8)10(2,3)7-13-11/h4-6H,7,11H2,1-3H3. The molecular formula is C10H16N2O. The third-order valence-electron chi connectivity index (χ3n) is 2.19. The zero-order valence-electron chi connectivity index (χ0n) is 8.37. The van der Waals surface area contributed by atoms with Crippen molar-refractivity contribution in [1.29, 1.82) is 0 Å². The van der Waals surface area contributed by atoms with Gasteiger partial charge in [0, 0.05) is 17.8 Å². The fourth-order valence-corrected chi connectivity index (χ4v) is 1.52. The lowest BCUT2D eigenvalue weighted by atomic mass is 9.84. The SMILES string of the molecule is Cc1cnccc1C(C)(C)CON. The number of rotatable bonds is 3. The summed E-state index contributed by atoms with van der Waals surface area (Å²) in [5.41, 5.74) is 2.35. The number of hydrogen-bond acceptors (Lipinski definition) is 3. The quantitative estimate of drug-likeness (QED) is 0.718. The first kappa shape index (κ1) is 10.2. The van der Waals surface area contributed by atoms with Crippen molar-refractivity contribution in [2.75, 3.05) is 6.61 Å². The van der Waals surface area contributed by atoms with Crippen molar-refractivity contribution in [3.8, 4) is 0 Å². The van der Waals surface area contributed by atoms with Crippen LogP contribution in [0.1, 0.15) is 25.0 Å². The molecular weight excluding hydrogens is 164 g/mol. The van der Waals surface area contributed by atoms with Gasteiger partial charge in [-0.1, -0.05) is 13.8 Å². The second-order valence-electron chi connectivity index (χ2n) is 3.89. The molecule has 2 N–H and O–H groups in total. The van der Waals surface area contributed by atoms with Crippen molar-refractivity contribution in [3.05, 3.63) is 29.6 Å². The summed E-state index contributed by atoms with van der Waals surface area (Å²) in [5.74, 6) is 5.09. The Morgan fingerprint density at radius 1 is 1.54 bits per heavy atom. The third kappa shape index (κ3) is 2.26. The maximum Gasteiger partial charge on any atom is 0.0770 e. The fourth-order valence-electron chi connectivity index (χ4n) is 1.52. The summed E-state index contributed by atoms with van der Waals surface area (Å²) in [4.78, 5) is 8.74. The Labute approximate surface area is 78.9 Å².